The van der Waals surface area contributed by atoms with Crippen molar-refractivity contribution < 1.29 is 28.3 Å². The smallest absolute Gasteiger partial charge is 0.367 e. The number of carbonyl (C=O) groups is 1. The van der Waals surface area contributed by atoms with Gasteiger partial charge >= 0.3 is 13.6 Å². The third-order valence-electron chi connectivity index (χ3n) is 3.86. The Bertz CT molecular complexity index is 359. The molecule has 2 atom stereocenters. The molecule has 0 aromatic heterocycles. The van der Waals surface area contributed by atoms with E-state index in [-0.39, 0.29) is 6.42 Å². The van der Waals surface area contributed by atoms with Crippen molar-refractivity contribution in [1.82, 2.24) is 0 Å². The second kappa shape index (κ2) is 14.9. The Hall–Kier alpha value is -0.450. The summed E-state index contributed by atoms with van der Waals surface area (Å²) >= 11 is 0. The summed E-state index contributed by atoms with van der Waals surface area (Å²) < 4.78 is 27.6. The Kier molecular flexibility index (Phi) is 14.6. The van der Waals surface area contributed by atoms with Gasteiger partial charge in [0.1, 0.15) is 6.61 Å². The highest BCUT2D eigenvalue weighted by Gasteiger charge is 2.22. The Morgan fingerprint density at radius 3 is 1.92 bits per heavy atom. The summed E-state index contributed by atoms with van der Waals surface area (Å²) in [7, 11) is -4.77. The highest BCUT2D eigenvalue weighted by atomic mass is 31.2. The number of halogens is 1. The number of aliphatic hydroxyl groups is 1. The molecule has 0 aliphatic carbocycles. The minimum absolute atomic E-state index is 0.260. The summed E-state index contributed by atoms with van der Waals surface area (Å²) in [5.41, 5.74) is 0. The molecule has 0 saturated heterocycles. The van der Waals surface area contributed by atoms with Crippen LogP contribution in [0.25, 0.3) is 0 Å². The molecule has 7 heteroatoms. The van der Waals surface area contributed by atoms with Crippen LogP contribution in [0.1, 0.15) is 84.0 Å². The molecule has 2 unspecified atom stereocenters. The molecule has 0 aromatic rings. The van der Waals surface area contributed by atoms with Crippen LogP contribution in [0.15, 0.2) is 0 Å². The van der Waals surface area contributed by atoms with Gasteiger partial charge in [-0.1, -0.05) is 71.1 Å². The van der Waals surface area contributed by atoms with Crippen LogP contribution in [0.3, 0.4) is 0 Å². The van der Waals surface area contributed by atoms with E-state index >= 15 is 0 Å². The standard InChI is InChI=1S/C17H34FO5P/c1-2-3-4-5-6-7-8-9-10-11-12-13-17(20)23-14-16(19)15-24(18,21)22/h16,19H,2-15H2,1H3,(H,21,22). The van der Waals surface area contributed by atoms with Gasteiger partial charge in [0.2, 0.25) is 0 Å². The van der Waals surface area contributed by atoms with Gasteiger partial charge in [-0.15, -0.1) is 0 Å². The van der Waals surface area contributed by atoms with Crippen LogP contribution < -0.4 is 0 Å². The van der Waals surface area contributed by atoms with Crippen molar-refractivity contribution in [3.05, 3.63) is 0 Å². The molecule has 0 aromatic carbocycles. The normalized spacial score (nSPS) is 15.0. The Morgan fingerprint density at radius 2 is 1.46 bits per heavy atom. The molecule has 0 fully saturated rings. The van der Waals surface area contributed by atoms with Crippen molar-refractivity contribution >= 4 is 13.6 Å². The van der Waals surface area contributed by atoms with Crippen molar-refractivity contribution in [2.24, 2.45) is 0 Å². The predicted octanol–water partition coefficient (Wildman–Crippen LogP) is 4.75. The van der Waals surface area contributed by atoms with Gasteiger partial charge in [-0.2, -0.15) is 4.20 Å². The molecule has 24 heavy (non-hydrogen) atoms. The van der Waals surface area contributed by atoms with Crippen LogP contribution in [0.2, 0.25) is 0 Å². The Morgan fingerprint density at radius 1 is 1.00 bits per heavy atom. The van der Waals surface area contributed by atoms with Crippen molar-refractivity contribution in [1.29, 1.82) is 0 Å². The van der Waals surface area contributed by atoms with E-state index in [4.69, 9.17) is 9.63 Å². The fourth-order valence-corrected chi connectivity index (χ4v) is 3.13. The molecule has 2 N–H and O–H groups in total. The zero-order valence-corrected chi connectivity index (χ0v) is 15.8. The van der Waals surface area contributed by atoms with Crippen molar-refractivity contribution in [2.45, 2.75) is 90.1 Å². The monoisotopic (exact) mass is 368 g/mol. The van der Waals surface area contributed by atoms with E-state index in [0.717, 1.165) is 19.3 Å². The fraction of sp³-hybridized carbons (Fsp3) is 0.941. The molecule has 0 heterocycles. The number of esters is 1. The molecular weight excluding hydrogens is 334 g/mol. The summed E-state index contributed by atoms with van der Waals surface area (Å²) in [5.74, 6) is -0.461. The number of hydrogen-bond acceptors (Lipinski definition) is 4. The molecular formula is C17H34FO5P. The van der Waals surface area contributed by atoms with Gasteiger partial charge in [0, 0.05) is 6.42 Å². The quantitative estimate of drug-likeness (QED) is 0.233. The number of ether oxygens (including phenoxy) is 1. The van der Waals surface area contributed by atoms with Crippen LogP contribution in [-0.4, -0.2) is 34.8 Å². The summed E-state index contributed by atoms with van der Waals surface area (Å²) in [5, 5.41) is 9.24. The Labute approximate surface area is 145 Å². The maximum absolute atomic E-state index is 12.4. The molecule has 144 valence electrons. The van der Waals surface area contributed by atoms with Gasteiger partial charge in [0.05, 0.1) is 12.3 Å². The molecule has 0 radical (unpaired) electrons. The highest BCUT2D eigenvalue weighted by molar-refractivity contribution is 7.52. The maximum atomic E-state index is 12.4. The largest absolute Gasteiger partial charge is 0.463 e. The average Bonchev–Trinajstić information content (AvgIpc) is 2.49. The van der Waals surface area contributed by atoms with Gasteiger partial charge in [0.25, 0.3) is 0 Å². The van der Waals surface area contributed by atoms with Gasteiger partial charge in [-0.25, -0.2) is 0 Å². The third-order valence-corrected chi connectivity index (χ3v) is 4.73. The van der Waals surface area contributed by atoms with E-state index in [2.05, 4.69) is 6.92 Å². The number of unbranched alkanes of at least 4 members (excludes halogenated alkanes) is 10. The second-order valence-corrected chi connectivity index (χ2v) is 8.02. The third kappa shape index (κ3) is 17.9. The lowest BCUT2D eigenvalue weighted by molar-refractivity contribution is -0.146. The zero-order chi connectivity index (χ0) is 18.3. The van der Waals surface area contributed by atoms with E-state index < -0.39 is 32.5 Å². The molecule has 0 spiro atoms. The van der Waals surface area contributed by atoms with Crippen LogP contribution in [-0.2, 0) is 14.1 Å². The lowest BCUT2D eigenvalue weighted by atomic mass is 10.1. The lowest BCUT2D eigenvalue weighted by Gasteiger charge is -2.11. The average molecular weight is 368 g/mol. The number of aliphatic hydroxyl groups excluding tert-OH is 1. The van der Waals surface area contributed by atoms with E-state index in [9.17, 15) is 18.7 Å². The van der Waals surface area contributed by atoms with Gasteiger partial charge < -0.3 is 14.7 Å². The van der Waals surface area contributed by atoms with Crippen molar-refractivity contribution in [3.8, 4) is 0 Å². The molecule has 0 bridgehead atoms. The van der Waals surface area contributed by atoms with Crippen LogP contribution in [0, 0.1) is 0 Å². The maximum Gasteiger partial charge on any atom is 0.367 e. The highest BCUT2D eigenvalue weighted by Crippen LogP contribution is 2.42. The minimum atomic E-state index is -4.77. The van der Waals surface area contributed by atoms with E-state index in [1.54, 1.807) is 0 Å². The first-order chi connectivity index (χ1) is 11.3. The number of hydrogen-bond donors (Lipinski definition) is 2. The zero-order valence-electron chi connectivity index (χ0n) is 14.9. The minimum Gasteiger partial charge on any atom is -0.463 e. The molecule has 0 amide bonds. The fourth-order valence-electron chi connectivity index (χ4n) is 2.51. The Balaban J connectivity index is 3.36. The summed E-state index contributed by atoms with van der Waals surface area (Å²) in [6, 6.07) is 0. The first-order valence-electron chi connectivity index (χ1n) is 9.20. The van der Waals surface area contributed by atoms with Crippen molar-refractivity contribution in [2.75, 3.05) is 12.8 Å². The van der Waals surface area contributed by atoms with Gasteiger partial charge in [-0.05, 0) is 6.42 Å². The van der Waals surface area contributed by atoms with Crippen molar-refractivity contribution in [3.63, 3.8) is 0 Å². The van der Waals surface area contributed by atoms with E-state index in [1.807, 2.05) is 0 Å². The first-order valence-corrected chi connectivity index (χ1v) is 10.9. The lowest BCUT2D eigenvalue weighted by Crippen LogP contribution is -2.21. The summed E-state index contributed by atoms with van der Waals surface area (Å²) in [4.78, 5) is 19.9. The van der Waals surface area contributed by atoms with Gasteiger partial charge in [-0.3, -0.25) is 9.36 Å². The number of carbonyl (C=O) groups excluding carboxylic acids is 1. The topological polar surface area (TPSA) is 83.8 Å². The van der Waals surface area contributed by atoms with Crippen LogP contribution in [0.4, 0.5) is 4.20 Å². The van der Waals surface area contributed by atoms with Crippen LogP contribution >= 0.6 is 7.68 Å². The molecule has 5 nitrogen and oxygen atoms in total. The summed E-state index contributed by atoms with van der Waals surface area (Å²) in [6.45, 7) is 1.78. The molecule has 0 aliphatic heterocycles. The molecule has 0 aliphatic rings. The number of rotatable bonds is 16. The van der Waals surface area contributed by atoms with E-state index in [0.29, 0.717) is 0 Å². The first kappa shape index (κ1) is 23.5. The van der Waals surface area contributed by atoms with Crippen LogP contribution in [0.5, 0.6) is 0 Å². The predicted molar refractivity (Wildman–Crippen MR) is 93.8 cm³/mol. The van der Waals surface area contributed by atoms with E-state index in [1.165, 1.54) is 51.4 Å². The SMILES string of the molecule is CCCCCCCCCCCCCC(=O)OCC(O)CP(=O)(O)F. The molecule has 0 saturated carbocycles. The summed E-state index contributed by atoms with van der Waals surface area (Å²) in [6.07, 6.45) is 11.0. The van der Waals surface area contributed by atoms with Gasteiger partial charge in [0.15, 0.2) is 0 Å². The second-order valence-electron chi connectivity index (χ2n) is 6.42. The molecule has 0 rings (SSSR count).